The van der Waals surface area contributed by atoms with E-state index in [1.165, 1.54) is 4.31 Å². The number of nitrogens with zero attached hydrogens (tertiary/aromatic N) is 1. The molecule has 2 saturated carbocycles. The van der Waals surface area contributed by atoms with Crippen molar-refractivity contribution >= 4 is 15.9 Å². The Labute approximate surface area is 127 Å². The molecule has 120 valence electrons. The van der Waals surface area contributed by atoms with Gasteiger partial charge in [-0.2, -0.15) is 4.31 Å². The van der Waals surface area contributed by atoms with Crippen LogP contribution in [0.15, 0.2) is 0 Å². The summed E-state index contributed by atoms with van der Waals surface area (Å²) >= 11 is 0. The number of carbonyl (C=O) groups is 1. The van der Waals surface area contributed by atoms with Gasteiger partial charge in [0.15, 0.2) is 0 Å². The average Bonchev–Trinajstić information content (AvgIpc) is 2.78. The molecule has 1 saturated heterocycles. The molecule has 3 aliphatic rings. The smallest absolute Gasteiger partial charge is 0.235 e. The van der Waals surface area contributed by atoms with Crippen LogP contribution in [-0.2, 0) is 14.8 Å². The molecular weight excluding hydrogens is 288 g/mol. The Bertz CT molecular complexity index is 569. The molecular formula is C15H26N2O3S. The molecule has 0 unspecified atom stereocenters. The van der Waals surface area contributed by atoms with Gasteiger partial charge >= 0.3 is 0 Å². The summed E-state index contributed by atoms with van der Waals surface area (Å²) < 4.78 is 26.7. The fraction of sp³-hybridized carbons (Fsp3) is 0.933. The first-order chi connectivity index (χ1) is 9.60. The molecule has 2 bridgehead atoms. The third-order valence-electron chi connectivity index (χ3n) is 6.28. The number of nitrogens with one attached hydrogen (secondary N) is 1. The van der Waals surface area contributed by atoms with Crippen molar-refractivity contribution in [1.82, 2.24) is 9.62 Å². The van der Waals surface area contributed by atoms with Crippen LogP contribution in [0, 0.1) is 16.7 Å². The molecule has 5 nitrogen and oxygen atoms in total. The van der Waals surface area contributed by atoms with Gasteiger partial charge < -0.3 is 5.32 Å². The van der Waals surface area contributed by atoms with Gasteiger partial charge in [-0.05, 0) is 44.4 Å². The Hall–Kier alpha value is -0.620. The highest BCUT2D eigenvalue weighted by atomic mass is 32.2. The largest absolute Gasteiger partial charge is 0.353 e. The summed E-state index contributed by atoms with van der Waals surface area (Å²) in [4.78, 5) is 12.0. The molecule has 0 aromatic carbocycles. The highest BCUT2D eigenvalue weighted by Crippen LogP contribution is 2.69. The number of fused-ring (bicyclic) bond motifs is 1. The van der Waals surface area contributed by atoms with E-state index in [1.54, 1.807) is 0 Å². The fourth-order valence-corrected chi connectivity index (χ4v) is 7.61. The first-order valence-electron chi connectivity index (χ1n) is 7.89. The molecule has 3 rings (SSSR count). The summed E-state index contributed by atoms with van der Waals surface area (Å²) in [5.41, 5.74) is -0.0807. The SMILES string of the molecule is CC(C)NC(=O)CN1[C@@H]2C[C@H]3CC[C@@]2(CS1(=O)=O)C3(C)C. The van der Waals surface area contributed by atoms with Crippen molar-refractivity contribution < 1.29 is 13.2 Å². The molecule has 1 aliphatic heterocycles. The van der Waals surface area contributed by atoms with Crippen molar-refractivity contribution in [3.8, 4) is 0 Å². The normalized spacial score (nSPS) is 39.7. The van der Waals surface area contributed by atoms with Crippen LogP contribution in [0.2, 0.25) is 0 Å². The van der Waals surface area contributed by atoms with Gasteiger partial charge in [-0.25, -0.2) is 8.42 Å². The van der Waals surface area contributed by atoms with Crippen molar-refractivity contribution in [2.24, 2.45) is 16.7 Å². The zero-order valence-electron chi connectivity index (χ0n) is 13.3. The van der Waals surface area contributed by atoms with Gasteiger partial charge in [0, 0.05) is 17.5 Å². The number of rotatable bonds is 3. The minimum Gasteiger partial charge on any atom is -0.353 e. The molecule has 6 heteroatoms. The Morgan fingerprint density at radius 3 is 2.62 bits per heavy atom. The molecule has 1 N–H and O–H groups in total. The van der Waals surface area contributed by atoms with Gasteiger partial charge in [0.05, 0.1) is 12.3 Å². The number of sulfonamides is 1. The maximum atomic E-state index is 12.6. The summed E-state index contributed by atoms with van der Waals surface area (Å²) in [6.45, 7) is 8.20. The standard InChI is InChI=1S/C15H26N2O3S/c1-10(2)16-13(18)8-17-12-7-11-5-6-15(12,14(11,3)4)9-21(17,19)20/h10-12H,5-9H2,1-4H3,(H,16,18)/t11-,12-,15+/m1/s1. The van der Waals surface area contributed by atoms with E-state index < -0.39 is 10.0 Å². The van der Waals surface area contributed by atoms with Crippen LogP contribution in [0.3, 0.4) is 0 Å². The van der Waals surface area contributed by atoms with Gasteiger partial charge in [-0.15, -0.1) is 0 Å². The fourth-order valence-electron chi connectivity index (χ4n) is 5.09. The Kier molecular flexibility index (Phi) is 3.23. The predicted molar refractivity (Wildman–Crippen MR) is 81.1 cm³/mol. The zero-order valence-corrected chi connectivity index (χ0v) is 14.2. The zero-order chi connectivity index (χ0) is 15.6. The third kappa shape index (κ3) is 1.98. The quantitative estimate of drug-likeness (QED) is 0.855. The van der Waals surface area contributed by atoms with E-state index in [9.17, 15) is 13.2 Å². The van der Waals surface area contributed by atoms with Crippen LogP contribution in [0.4, 0.5) is 0 Å². The van der Waals surface area contributed by atoms with Gasteiger partial charge in [-0.1, -0.05) is 13.8 Å². The van der Waals surface area contributed by atoms with Gasteiger partial charge in [0.25, 0.3) is 0 Å². The van der Waals surface area contributed by atoms with Crippen molar-refractivity contribution in [2.75, 3.05) is 12.3 Å². The number of hydrogen-bond acceptors (Lipinski definition) is 3. The summed E-state index contributed by atoms with van der Waals surface area (Å²) in [6, 6.07) is 0.0578. The Morgan fingerprint density at radius 2 is 2.05 bits per heavy atom. The first kappa shape index (κ1) is 15.3. The van der Waals surface area contributed by atoms with Crippen LogP contribution in [-0.4, -0.2) is 43.0 Å². The lowest BCUT2D eigenvalue weighted by Crippen LogP contribution is -2.46. The van der Waals surface area contributed by atoms with Crippen molar-refractivity contribution in [3.05, 3.63) is 0 Å². The van der Waals surface area contributed by atoms with Crippen LogP contribution in [0.5, 0.6) is 0 Å². The van der Waals surface area contributed by atoms with Gasteiger partial charge in [0.1, 0.15) is 0 Å². The second kappa shape index (κ2) is 4.44. The van der Waals surface area contributed by atoms with E-state index in [0.717, 1.165) is 19.3 Å². The van der Waals surface area contributed by atoms with Crippen LogP contribution >= 0.6 is 0 Å². The molecule has 2 aliphatic carbocycles. The second-order valence-electron chi connectivity index (χ2n) is 7.89. The molecule has 1 spiro atoms. The third-order valence-corrected chi connectivity index (χ3v) is 8.26. The molecule has 0 aromatic heterocycles. The highest BCUT2D eigenvalue weighted by Gasteiger charge is 2.71. The molecule has 21 heavy (non-hydrogen) atoms. The minimum atomic E-state index is -3.32. The second-order valence-corrected chi connectivity index (χ2v) is 9.81. The highest BCUT2D eigenvalue weighted by molar-refractivity contribution is 7.89. The topological polar surface area (TPSA) is 66.5 Å². The van der Waals surface area contributed by atoms with Crippen molar-refractivity contribution in [2.45, 2.75) is 59.0 Å². The van der Waals surface area contributed by atoms with Crippen LogP contribution < -0.4 is 5.32 Å². The lowest BCUT2D eigenvalue weighted by Gasteiger charge is -2.37. The molecule has 1 heterocycles. The average molecular weight is 314 g/mol. The Balaban J connectivity index is 1.88. The molecule has 3 atom stereocenters. The van der Waals surface area contributed by atoms with Gasteiger partial charge in [-0.3, -0.25) is 4.79 Å². The van der Waals surface area contributed by atoms with E-state index in [2.05, 4.69) is 19.2 Å². The van der Waals surface area contributed by atoms with Crippen LogP contribution in [0.25, 0.3) is 0 Å². The van der Waals surface area contributed by atoms with E-state index in [0.29, 0.717) is 5.92 Å². The predicted octanol–water partition coefficient (Wildman–Crippen LogP) is 1.35. The van der Waals surface area contributed by atoms with E-state index in [1.807, 2.05) is 13.8 Å². The summed E-state index contributed by atoms with van der Waals surface area (Å²) in [5.74, 6) is 0.628. The maximum absolute atomic E-state index is 12.6. The summed E-state index contributed by atoms with van der Waals surface area (Å²) in [5, 5.41) is 2.80. The van der Waals surface area contributed by atoms with Gasteiger partial charge in [0.2, 0.25) is 15.9 Å². The molecule has 3 fully saturated rings. The monoisotopic (exact) mass is 314 g/mol. The van der Waals surface area contributed by atoms with Crippen LogP contribution in [0.1, 0.15) is 47.0 Å². The first-order valence-corrected chi connectivity index (χ1v) is 9.50. The number of hydrogen-bond donors (Lipinski definition) is 1. The minimum absolute atomic E-state index is 0.0181. The lowest BCUT2D eigenvalue weighted by molar-refractivity contribution is -0.122. The summed E-state index contributed by atoms with van der Waals surface area (Å²) in [7, 11) is -3.32. The molecule has 0 radical (unpaired) electrons. The van der Waals surface area contributed by atoms with E-state index in [-0.39, 0.29) is 41.1 Å². The summed E-state index contributed by atoms with van der Waals surface area (Å²) in [6.07, 6.45) is 3.03. The number of carbonyl (C=O) groups excluding carboxylic acids is 1. The maximum Gasteiger partial charge on any atom is 0.235 e. The van der Waals surface area contributed by atoms with Crippen molar-refractivity contribution in [1.29, 1.82) is 0 Å². The molecule has 0 aromatic rings. The Morgan fingerprint density at radius 1 is 1.38 bits per heavy atom. The van der Waals surface area contributed by atoms with Crippen molar-refractivity contribution in [3.63, 3.8) is 0 Å². The lowest BCUT2D eigenvalue weighted by atomic mass is 9.69. The van der Waals surface area contributed by atoms with E-state index in [4.69, 9.17) is 0 Å². The number of amides is 1. The van der Waals surface area contributed by atoms with E-state index >= 15 is 0 Å². The molecule has 1 amide bonds.